The smallest absolute Gasteiger partial charge is 0.277 e. The molecular weight excluding hydrogens is 432 g/mol. The van der Waals surface area contributed by atoms with Crippen molar-refractivity contribution in [2.45, 2.75) is 11.5 Å². The molecule has 1 spiro atoms. The van der Waals surface area contributed by atoms with Crippen molar-refractivity contribution in [2.75, 3.05) is 12.4 Å². The zero-order chi connectivity index (χ0) is 20.0. The average Bonchev–Trinajstić information content (AvgIpc) is 3.27. The molecule has 3 aromatic rings. The van der Waals surface area contributed by atoms with Gasteiger partial charge >= 0.3 is 0 Å². The van der Waals surface area contributed by atoms with Crippen molar-refractivity contribution in [3.05, 3.63) is 94.0 Å². The average molecular weight is 449 g/mol. The Bertz CT molecular complexity index is 1130. The van der Waals surface area contributed by atoms with E-state index in [4.69, 9.17) is 9.57 Å². The Labute approximate surface area is 176 Å². The highest BCUT2D eigenvalue weighted by atomic mass is 79.9. The summed E-state index contributed by atoms with van der Waals surface area (Å²) < 4.78 is 6.16. The summed E-state index contributed by atoms with van der Waals surface area (Å²) in [5.41, 5.74) is 2.83. The van der Waals surface area contributed by atoms with Gasteiger partial charge in [-0.15, -0.1) is 0 Å². The zero-order valence-electron chi connectivity index (χ0n) is 15.6. The fourth-order valence-electron chi connectivity index (χ4n) is 4.10. The summed E-state index contributed by atoms with van der Waals surface area (Å²) in [6, 6.07) is 23.2. The van der Waals surface area contributed by atoms with Crippen molar-refractivity contribution in [1.82, 2.24) is 0 Å². The van der Waals surface area contributed by atoms with Crippen LogP contribution in [0.5, 0.6) is 5.75 Å². The number of benzene rings is 3. The summed E-state index contributed by atoms with van der Waals surface area (Å²) in [5, 5.41) is 7.40. The van der Waals surface area contributed by atoms with Crippen LogP contribution in [0.1, 0.15) is 22.6 Å². The lowest BCUT2D eigenvalue weighted by Gasteiger charge is -2.28. The quantitative estimate of drug-likeness (QED) is 0.624. The zero-order valence-corrected chi connectivity index (χ0v) is 17.1. The van der Waals surface area contributed by atoms with E-state index in [1.54, 1.807) is 7.11 Å². The molecule has 2 atom stereocenters. The van der Waals surface area contributed by atoms with Crippen LogP contribution in [0.25, 0.3) is 0 Å². The number of carbonyl (C=O) groups is 1. The van der Waals surface area contributed by atoms with E-state index in [0.29, 0.717) is 5.71 Å². The van der Waals surface area contributed by atoms with Crippen LogP contribution in [0.4, 0.5) is 5.69 Å². The van der Waals surface area contributed by atoms with Crippen molar-refractivity contribution < 1.29 is 14.4 Å². The lowest BCUT2D eigenvalue weighted by molar-refractivity contribution is -0.139. The van der Waals surface area contributed by atoms with Gasteiger partial charge < -0.3 is 14.9 Å². The number of amides is 1. The van der Waals surface area contributed by atoms with Crippen molar-refractivity contribution in [1.29, 1.82) is 0 Å². The molecule has 6 heteroatoms. The Balaban J connectivity index is 1.69. The molecule has 3 aromatic carbocycles. The van der Waals surface area contributed by atoms with Crippen LogP contribution < -0.4 is 10.1 Å². The maximum absolute atomic E-state index is 13.3. The molecule has 0 bridgehead atoms. The van der Waals surface area contributed by atoms with Crippen LogP contribution in [-0.4, -0.2) is 18.7 Å². The van der Waals surface area contributed by atoms with Gasteiger partial charge in [-0.2, -0.15) is 0 Å². The highest BCUT2D eigenvalue weighted by Gasteiger charge is 2.61. The molecule has 5 nitrogen and oxygen atoms in total. The first-order valence-corrected chi connectivity index (χ1v) is 9.99. The number of nitrogens with zero attached hydrogens (tertiary/aromatic N) is 1. The Morgan fingerprint density at radius 2 is 1.83 bits per heavy atom. The number of ether oxygens (including phenoxy) is 1. The summed E-state index contributed by atoms with van der Waals surface area (Å²) >= 11 is 3.47. The molecule has 0 fully saturated rings. The number of methoxy groups -OCH3 is 1. The Morgan fingerprint density at radius 1 is 1.07 bits per heavy atom. The minimum absolute atomic E-state index is 0.216. The Kier molecular flexibility index (Phi) is 4.17. The van der Waals surface area contributed by atoms with Gasteiger partial charge in [0.25, 0.3) is 11.5 Å². The third-order valence-corrected chi connectivity index (χ3v) is 5.95. The Morgan fingerprint density at radius 3 is 2.55 bits per heavy atom. The topological polar surface area (TPSA) is 59.9 Å². The number of hydrogen-bond acceptors (Lipinski definition) is 4. The fourth-order valence-corrected chi connectivity index (χ4v) is 4.46. The maximum Gasteiger partial charge on any atom is 0.277 e. The van der Waals surface area contributed by atoms with Gasteiger partial charge in [0.2, 0.25) is 0 Å². The second-order valence-corrected chi connectivity index (χ2v) is 7.94. The fraction of sp³-hybridized carbons (Fsp3) is 0.130. The third kappa shape index (κ3) is 2.67. The summed E-state index contributed by atoms with van der Waals surface area (Å²) in [5.74, 6) is 0.152. The molecule has 2 heterocycles. The van der Waals surface area contributed by atoms with Crippen molar-refractivity contribution >= 4 is 33.2 Å². The van der Waals surface area contributed by atoms with Crippen molar-refractivity contribution in [3.8, 4) is 5.75 Å². The predicted molar refractivity (Wildman–Crippen MR) is 114 cm³/mol. The molecule has 2 aliphatic rings. The lowest BCUT2D eigenvalue weighted by atomic mass is 9.74. The largest absolute Gasteiger partial charge is 0.497 e. The minimum atomic E-state index is -1.24. The van der Waals surface area contributed by atoms with E-state index in [0.717, 1.165) is 32.6 Å². The van der Waals surface area contributed by atoms with E-state index in [9.17, 15) is 4.79 Å². The number of nitrogens with one attached hydrogen (secondary N) is 1. The van der Waals surface area contributed by atoms with Crippen LogP contribution >= 0.6 is 15.9 Å². The summed E-state index contributed by atoms with van der Waals surface area (Å²) in [7, 11) is 1.63. The molecule has 0 aromatic heterocycles. The first-order valence-electron chi connectivity index (χ1n) is 9.20. The molecule has 2 aliphatic heterocycles. The number of oxime groups is 1. The van der Waals surface area contributed by atoms with Crippen LogP contribution in [0.15, 0.2) is 82.4 Å². The van der Waals surface area contributed by atoms with Gasteiger partial charge in [-0.3, -0.25) is 4.79 Å². The highest BCUT2D eigenvalue weighted by Crippen LogP contribution is 2.53. The van der Waals surface area contributed by atoms with Gasteiger partial charge in [-0.25, -0.2) is 0 Å². The predicted octanol–water partition coefficient (Wildman–Crippen LogP) is 4.82. The first-order chi connectivity index (χ1) is 14.1. The summed E-state index contributed by atoms with van der Waals surface area (Å²) in [6.45, 7) is 0. The van der Waals surface area contributed by atoms with E-state index < -0.39 is 5.60 Å². The molecular formula is C23H17BrN2O3. The van der Waals surface area contributed by atoms with Gasteiger partial charge in [0.15, 0.2) is 0 Å². The molecule has 0 saturated carbocycles. The number of anilines is 1. The second kappa shape index (κ2) is 6.74. The van der Waals surface area contributed by atoms with Crippen LogP contribution in [0, 0.1) is 0 Å². The maximum atomic E-state index is 13.3. The van der Waals surface area contributed by atoms with Crippen molar-refractivity contribution in [2.24, 2.45) is 5.16 Å². The molecule has 144 valence electrons. The number of carbonyl (C=O) groups excluding carboxylic acids is 1. The number of halogens is 1. The number of hydrogen-bond donors (Lipinski definition) is 1. The standard InChI is InChI=1S/C23H17BrN2O3/c1-28-17-10-7-15(8-11-17)21-20(14-5-3-2-4-6-14)23(29-26-21)18-12-9-16(24)13-19(18)25-22(23)27/h2-13,20H,1H3,(H,25,27)/t20-,23-/m0/s1. The molecule has 29 heavy (non-hydrogen) atoms. The Hall–Kier alpha value is -3.12. The SMILES string of the molecule is COc1ccc(C2=NO[C@]3(C(=O)Nc4cc(Br)ccc43)[C@H]2c2ccccc2)cc1. The molecule has 5 rings (SSSR count). The van der Waals surface area contributed by atoms with Gasteiger partial charge in [-0.05, 0) is 42.0 Å². The lowest BCUT2D eigenvalue weighted by Crippen LogP contribution is -2.41. The molecule has 0 unspecified atom stereocenters. The summed E-state index contributed by atoms with van der Waals surface area (Å²) in [6.07, 6.45) is 0. The van der Waals surface area contributed by atoms with Gasteiger partial charge in [0, 0.05) is 21.3 Å². The molecule has 0 radical (unpaired) electrons. The second-order valence-electron chi connectivity index (χ2n) is 7.02. The van der Waals surface area contributed by atoms with Gasteiger partial charge in [0.1, 0.15) is 5.75 Å². The van der Waals surface area contributed by atoms with Crippen LogP contribution in [0.3, 0.4) is 0 Å². The van der Waals surface area contributed by atoms with E-state index in [1.165, 1.54) is 0 Å². The first kappa shape index (κ1) is 17.9. The van der Waals surface area contributed by atoms with E-state index in [1.807, 2.05) is 72.8 Å². The minimum Gasteiger partial charge on any atom is -0.497 e. The molecule has 0 saturated heterocycles. The van der Waals surface area contributed by atoms with Crippen LogP contribution in [0.2, 0.25) is 0 Å². The molecule has 0 aliphatic carbocycles. The number of fused-ring (bicyclic) bond motifs is 2. The van der Waals surface area contributed by atoms with E-state index >= 15 is 0 Å². The molecule has 1 amide bonds. The van der Waals surface area contributed by atoms with Gasteiger partial charge in [0.05, 0.1) is 18.7 Å². The van der Waals surface area contributed by atoms with E-state index in [-0.39, 0.29) is 11.8 Å². The number of rotatable bonds is 3. The van der Waals surface area contributed by atoms with Gasteiger partial charge in [-0.1, -0.05) is 57.5 Å². The summed E-state index contributed by atoms with van der Waals surface area (Å²) in [4.78, 5) is 19.3. The monoisotopic (exact) mass is 448 g/mol. The normalized spacial score (nSPS) is 22.1. The van der Waals surface area contributed by atoms with Crippen LogP contribution in [-0.2, 0) is 15.2 Å². The van der Waals surface area contributed by atoms with E-state index in [2.05, 4.69) is 26.4 Å². The van der Waals surface area contributed by atoms with Crippen molar-refractivity contribution in [3.63, 3.8) is 0 Å². The molecule has 1 N–H and O–H groups in total. The highest BCUT2D eigenvalue weighted by molar-refractivity contribution is 9.10. The third-order valence-electron chi connectivity index (χ3n) is 5.45.